The van der Waals surface area contributed by atoms with E-state index < -0.39 is 0 Å². The summed E-state index contributed by atoms with van der Waals surface area (Å²) in [5.74, 6) is 2.70. The average Bonchev–Trinajstić information content (AvgIpc) is 2.75. The minimum atomic E-state index is 0.630. The van der Waals surface area contributed by atoms with E-state index in [2.05, 4.69) is 6.20 Å². The number of nitrogens with zero attached hydrogens (tertiary/aromatic N) is 1. The first kappa shape index (κ1) is 11.4. The first-order valence-corrected chi connectivity index (χ1v) is 5.18. The number of aryl methyl sites for hydroxylation is 1. The summed E-state index contributed by atoms with van der Waals surface area (Å²) in [4.78, 5) is 0. The number of aromatic nitrogens is 1. The van der Waals surface area contributed by atoms with Gasteiger partial charge in [0, 0.05) is 19.2 Å². The van der Waals surface area contributed by atoms with Gasteiger partial charge >= 0.3 is 0 Å². The summed E-state index contributed by atoms with van der Waals surface area (Å²) in [6.45, 7) is 0. The molecule has 2 aromatic rings. The van der Waals surface area contributed by atoms with Gasteiger partial charge in [-0.15, -0.1) is 0 Å². The van der Waals surface area contributed by atoms with Crippen LogP contribution in [-0.2, 0) is 7.05 Å². The van der Waals surface area contributed by atoms with Crippen molar-refractivity contribution >= 4 is 0 Å². The molecular formula is C13H14NO3. The van der Waals surface area contributed by atoms with Gasteiger partial charge in [0.05, 0.1) is 20.4 Å². The fourth-order valence-corrected chi connectivity index (χ4v) is 1.47. The van der Waals surface area contributed by atoms with Crippen LogP contribution in [0.15, 0.2) is 30.3 Å². The molecule has 0 atom stereocenters. The molecule has 1 aromatic carbocycles. The van der Waals surface area contributed by atoms with Crippen LogP contribution in [-0.4, -0.2) is 18.8 Å². The molecule has 1 aromatic heterocycles. The monoisotopic (exact) mass is 232 g/mol. The van der Waals surface area contributed by atoms with Crippen LogP contribution >= 0.6 is 0 Å². The molecule has 0 aliphatic carbocycles. The van der Waals surface area contributed by atoms with E-state index in [9.17, 15) is 0 Å². The maximum absolute atomic E-state index is 5.72. The Bertz CT molecular complexity index is 505. The van der Waals surface area contributed by atoms with Crippen LogP contribution < -0.4 is 14.2 Å². The Morgan fingerprint density at radius 1 is 1.06 bits per heavy atom. The van der Waals surface area contributed by atoms with Crippen LogP contribution in [0.1, 0.15) is 0 Å². The second kappa shape index (κ2) is 4.82. The highest BCUT2D eigenvalue weighted by atomic mass is 16.5. The summed E-state index contributed by atoms with van der Waals surface area (Å²) in [6.07, 6.45) is 2.98. The van der Waals surface area contributed by atoms with Gasteiger partial charge in [-0.25, -0.2) is 0 Å². The zero-order chi connectivity index (χ0) is 12.3. The highest BCUT2D eigenvalue weighted by molar-refractivity contribution is 5.47. The van der Waals surface area contributed by atoms with Gasteiger partial charge < -0.3 is 18.8 Å². The maximum Gasteiger partial charge on any atom is 0.200 e. The van der Waals surface area contributed by atoms with Crippen LogP contribution in [0, 0.1) is 6.20 Å². The minimum Gasteiger partial charge on any atom is -0.497 e. The zero-order valence-electron chi connectivity index (χ0n) is 10.1. The molecule has 0 saturated heterocycles. The molecule has 0 N–H and O–H groups in total. The van der Waals surface area contributed by atoms with Gasteiger partial charge in [0.2, 0.25) is 5.88 Å². The minimum absolute atomic E-state index is 0.630. The van der Waals surface area contributed by atoms with Gasteiger partial charge in [-0.05, 0) is 18.2 Å². The standard InChI is InChI=1S/C13H14NO3/c1-14-8-4-5-13(14)17-11-7-6-10(15-2)9-12(11)16-3/h4-7,9H,1-3H3. The van der Waals surface area contributed by atoms with Crippen molar-refractivity contribution in [3.63, 3.8) is 0 Å². The molecule has 17 heavy (non-hydrogen) atoms. The third kappa shape index (κ3) is 2.36. The number of benzene rings is 1. The molecule has 0 unspecified atom stereocenters. The van der Waals surface area contributed by atoms with Crippen molar-refractivity contribution in [3.8, 4) is 23.1 Å². The highest BCUT2D eigenvalue weighted by Crippen LogP contribution is 2.34. The number of hydrogen-bond acceptors (Lipinski definition) is 3. The normalized spacial score (nSPS) is 10.1. The second-order valence-corrected chi connectivity index (χ2v) is 3.48. The van der Waals surface area contributed by atoms with E-state index in [4.69, 9.17) is 14.2 Å². The van der Waals surface area contributed by atoms with Crippen molar-refractivity contribution in [2.24, 2.45) is 7.05 Å². The third-order valence-corrected chi connectivity index (χ3v) is 2.41. The lowest BCUT2D eigenvalue weighted by Gasteiger charge is -2.11. The fourth-order valence-electron chi connectivity index (χ4n) is 1.47. The zero-order valence-corrected chi connectivity index (χ0v) is 10.1. The molecule has 0 saturated carbocycles. The van der Waals surface area contributed by atoms with E-state index in [1.165, 1.54) is 0 Å². The Hall–Kier alpha value is -2.10. The summed E-state index contributed by atoms with van der Waals surface area (Å²) in [5.41, 5.74) is 0. The van der Waals surface area contributed by atoms with Crippen LogP contribution in [0.4, 0.5) is 0 Å². The average molecular weight is 232 g/mol. The van der Waals surface area contributed by atoms with Gasteiger partial charge in [-0.2, -0.15) is 0 Å². The van der Waals surface area contributed by atoms with Crippen LogP contribution in [0.2, 0.25) is 0 Å². The lowest BCUT2D eigenvalue weighted by atomic mass is 10.3. The predicted octanol–water partition coefficient (Wildman–Crippen LogP) is 2.63. The highest BCUT2D eigenvalue weighted by Gasteiger charge is 2.08. The van der Waals surface area contributed by atoms with E-state index in [0.29, 0.717) is 17.4 Å². The van der Waals surface area contributed by atoms with Crippen LogP contribution in [0.3, 0.4) is 0 Å². The molecule has 1 heterocycles. The Morgan fingerprint density at radius 3 is 2.47 bits per heavy atom. The molecule has 2 rings (SSSR count). The number of methoxy groups -OCH3 is 2. The van der Waals surface area contributed by atoms with E-state index in [1.807, 2.05) is 25.2 Å². The van der Waals surface area contributed by atoms with Gasteiger partial charge in [0.15, 0.2) is 11.5 Å². The van der Waals surface area contributed by atoms with Gasteiger partial charge in [0.1, 0.15) is 5.75 Å². The lowest BCUT2D eigenvalue weighted by molar-refractivity contribution is 0.361. The largest absolute Gasteiger partial charge is 0.497 e. The molecule has 0 amide bonds. The van der Waals surface area contributed by atoms with Gasteiger partial charge in [-0.1, -0.05) is 0 Å². The van der Waals surface area contributed by atoms with Gasteiger partial charge in [-0.3, -0.25) is 0 Å². The summed E-state index contributed by atoms with van der Waals surface area (Å²) in [6, 6.07) is 9.05. The Labute approximate surface area is 100 Å². The molecule has 89 valence electrons. The maximum atomic E-state index is 5.72. The molecular weight excluding hydrogens is 218 g/mol. The summed E-state index contributed by atoms with van der Waals surface area (Å²) < 4.78 is 17.9. The van der Waals surface area contributed by atoms with Crippen molar-refractivity contribution in [1.29, 1.82) is 0 Å². The summed E-state index contributed by atoms with van der Waals surface area (Å²) in [7, 11) is 5.07. The molecule has 0 spiro atoms. The van der Waals surface area contributed by atoms with Crippen molar-refractivity contribution in [1.82, 2.24) is 4.57 Å². The first-order chi connectivity index (χ1) is 8.24. The van der Waals surface area contributed by atoms with Crippen molar-refractivity contribution in [2.45, 2.75) is 0 Å². The number of hydrogen-bond donors (Lipinski definition) is 0. The summed E-state index contributed by atoms with van der Waals surface area (Å²) in [5, 5.41) is 0. The molecule has 0 aliphatic rings. The molecule has 0 fully saturated rings. The third-order valence-electron chi connectivity index (χ3n) is 2.41. The van der Waals surface area contributed by atoms with Crippen LogP contribution in [0.5, 0.6) is 23.1 Å². The second-order valence-electron chi connectivity index (χ2n) is 3.48. The molecule has 4 heteroatoms. The topological polar surface area (TPSA) is 32.6 Å². The number of ether oxygens (including phenoxy) is 3. The van der Waals surface area contributed by atoms with Crippen molar-refractivity contribution in [3.05, 3.63) is 36.5 Å². The smallest absolute Gasteiger partial charge is 0.200 e. The Morgan fingerprint density at radius 2 is 1.88 bits per heavy atom. The Balaban J connectivity index is 2.29. The quantitative estimate of drug-likeness (QED) is 0.812. The molecule has 4 nitrogen and oxygen atoms in total. The van der Waals surface area contributed by atoms with Crippen molar-refractivity contribution in [2.75, 3.05) is 14.2 Å². The molecule has 0 bridgehead atoms. The predicted molar refractivity (Wildman–Crippen MR) is 63.9 cm³/mol. The SMILES string of the molecule is COc1ccc(Oc2cc[c]n2C)c(OC)c1. The molecule has 1 radical (unpaired) electrons. The van der Waals surface area contributed by atoms with E-state index >= 15 is 0 Å². The van der Waals surface area contributed by atoms with E-state index in [1.54, 1.807) is 30.9 Å². The lowest BCUT2D eigenvalue weighted by Crippen LogP contribution is -1.95. The first-order valence-electron chi connectivity index (χ1n) is 5.18. The van der Waals surface area contributed by atoms with Gasteiger partial charge in [0.25, 0.3) is 0 Å². The van der Waals surface area contributed by atoms with E-state index in [-0.39, 0.29) is 0 Å². The van der Waals surface area contributed by atoms with E-state index in [0.717, 1.165) is 5.75 Å². The Kier molecular flexibility index (Phi) is 3.23. The fraction of sp³-hybridized carbons (Fsp3) is 0.231. The summed E-state index contributed by atoms with van der Waals surface area (Å²) >= 11 is 0. The molecule has 0 aliphatic heterocycles. The number of rotatable bonds is 4. The van der Waals surface area contributed by atoms with Crippen molar-refractivity contribution < 1.29 is 14.2 Å². The van der Waals surface area contributed by atoms with Crippen LogP contribution in [0.25, 0.3) is 0 Å².